The molecule has 1 fully saturated rings. The predicted octanol–water partition coefficient (Wildman–Crippen LogP) is 5.94. The van der Waals surface area contributed by atoms with E-state index in [9.17, 15) is 18.0 Å². The lowest BCUT2D eigenvalue weighted by Crippen LogP contribution is -2.30. The first kappa shape index (κ1) is 19.8. The average molecular weight is 393 g/mol. The second-order valence-corrected chi connectivity index (χ2v) is 7.83. The van der Waals surface area contributed by atoms with Gasteiger partial charge in [-0.3, -0.25) is 4.79 Å². The quantitative estimate of drug-likeness (QED) is 0.627. The minimum Gasteiger partial charge on any atom is -0.322 e. The van der Waals surface area contributed by atoms with E-state index in [1.165, 1.54) is 23.4 Å². The highest BCUT2D eigenvalue weighted by atomic mass is 32.2. The summed E-state index contributed by atoms with van der Waals surface area (Å²) in [5, 5.41) is -0.389. The van der Waals surface area contributed by atoms with Crippen LogP contribution in [0.4, 0.5) is 13.2 Å². The van der Waals surface area contributed by atoms with Crippen molar-refractivity contribution in [3.63, 3.8) is 0 Å². The second-order valence-electron chi connectivity index (χ2n) is 6.65. The molecular formula is C21H22F3NOS. The van der Waals surface area contributed by atoms with Crippen LogP contribution in [0.25, 0.3) is 0 Å². The monoisotopic (exact) mass is 393 g/mol. The lowest BCUT2D eigenvalue weighted by molar-refractivity contribution is -0.137. The molecule has 0 bridgehead atoms. The van der Waals surface area contributed by atoms with E-state index in [2.05, 4.69) is 6.92 Å². The van der Waals surface area contributed by atoms with Crippen LogP contribution in [0, 0.1) is 0 Å². The second kappa shape index (κ2) is 8.38. The van der Waals surface area contributed by atoms with Crippen molar-refractivity contribution in [1.29, 1.82) is 0 Å². The maximum atomic E-state index is 13.0. The topological polar surface area (TPSA) is 20.3 Å². The van der Waals surface area contributed by atoms with Gasteiger partial charge in [-0.1, -0.05) is 37.6 Å². The van der Waals surface area contributed by atoms with E-state index in [1.54, 1.807) is 11.0 Å². The molecule has 0 saturated carbocycles. The molecule has 0 N–H and O–H groups in total. The zero-order chi connectivity index (χ0) is 19.4. The summed E-state index contributed by atoms with van der Waals surface area (Å²) >= 11 is 1.50. The van der Waals surface area contributed by atoms with Gasteiger partial charge in [0.05, 0.1) is 5.56 Å². The molecule has 1 aliphatic rings. The van der Waals surface area contributed by atoms with E-state index in [1.807, 2.05) is 24.3 Å². The third kappa shape index (κ3) is 4.67. The number of aryl methyl sites for hydroxylation is 1. The molecule has 0 aromatic heterocycles. The molecule has 1 atom stereocenters. The summed E-state index contributed by atoms with van der Waals surface area (Å²) in [6.45, 7) is 2.67. The summed E-state index contributed by atoms with van der Waals surface area (Å²) in [6.07, 6.45) is -1.18. The SMILES string of the molecule is CCCCc1ccc(C(=O)N2CCSC2c2cccc(C(F)(F)F)c2)cc1. The maximum Gasteiger partial charge on any atom is 0.416 e. The van der Waals surface area contributed by atoms with Crippen LogP contribution in [0.1, 0.15) is 52.2 Å². The summed E-state index contributed by atoms with van der Waals surface area (Å²) in [4.78, 5) is 14.6. The largest absolute Gasteiger partial charge is 0.416 e. The van der Waals surface area contributed by atoms with Gasteiger partial charge in [-0.25, -0.2) is 0 Å². The summed E-state index contributed by atoms with van der Waals surface area (Å²) in [7, 11) is 0. The number of thioether (sulfide) groups is 1. The van der Waals surface area contributed by atoms with Gasteiger partial charge < -0.3 is 4.90 Å². The molecule has 0 radical (unpaired) electrons. The van der Waals surface area contributed by atoms with Crippen LogP contribution in [0.15, 0.2) is 48.5 Å². The van der Waals surface area contributed by atoms with Crippen LogP contribution in [0.2, 0.25) is 0 Å². The average Bonchev–Trinajstić information content (AvgIpc) is 3.15. The molecule has 144 valence electrons. The molecule has 1 saturated heterocycles. The van der Waals surface area contributed by atoms with Gasteiger partial charge in [0.2, 0.25) is 0 Å². The van der Waals surface area contributed by atoms with Crippen LogP contribution in [0.5, 0.6) is 0 Å². The number of unbranched alkanes of at least 4 members (excludes halogenated alkanes) is 1. The smallest absolute Gasteiger partial charge is 0.322 e. The maximum absolute atomic E-state index is 13.0. The van der Waals surface area contributed by atoms with Crippen LogP contribution < -0.4 is 0 Å². The van der Waals surface area contributed by atoms with Crippen molar-refractivity contribution >= 4 is 17.7 Å². The van der Waals surface area contributed by atoms with E-state index < -0.39 is 11.7 Å². The van der Waals surface area contributed by atoms with Gasteiger partial charge in [0.25, 0.3) is 5.91 Å². The van der Waals surface area contributed by atoms with Gasteiger partial charge in [0.15, 0.2) is 0 Å². The third-order valence-electron chi connectivity index (χ3n) is 4.67. The minimum absolute atomic E-state index is 0.135. The number of alkyl halides is 3. The predicted molar refractivity (Wildman–Crippen MR) is 103 cm³/mol. The van der Waals surface area contributed by atoms with E-state index in [0.29, 0.717) is 23.4 Å². The summed E-state index contributed by atoms with van der Waals surface area (Å²) < 4.78 is 39.0. The van der Waals surface area contributed by atoms with Crippen molar-refractivity contribution in [3.8, 4) is 0 Å². The Hall–Kier alpha value is -1.95. The summed E-state index contributed by atoms with van der Waals surface area (Å²) in [5.41, 5.74) is 1.61. The highest BCUT2D eigenvalue weighted by Crippen LogP contribution is 2.40. The number of halogens is 3. The van der Waals surface area contributed by atoms with Crippen molar-refractivity contribution in [2.45, 2.75) is 37.7 Å². The normalized spacial score (nSPS) is 17.3. The Kier molecular flexibility index (Phi) is 6.15. The number of hydrogen-bond donors (Lipinski definition) is 0. The van der Waals surface area contributed by atoms with Crippen LogP contribution in [-0.4, -0.2) is 23.1 Å². The van der Waals surface area contributed by atoms with Gasteiger partial charge in [-0.05, 0) is 48.2 Å². The molecule has 1 heterocycles. The number of nitrogens with zero attached hydrogens (tertiary/aromatic N) is 1. The van der Waals surface area contributed by atoms with E-state index in [4.69, 9.17) is 0 Å². The summed E-state index contributed by atoms with van der Waals surface area (Å²) in [6, 6.07) is 12.8. The van der Waals surface area contributed by atoms with Gasteiger partial charge in [-0.2, -0.15) is 13.2 Å². The van der Waals surface area contributed by atoms with Crippen molar-refractivity contribution in [3.05, 3.63) is 70.8 Å². The fraction of sp³-hybridized carbons (Fsp3) is 0.381. The first-order valence-corrected chi connectivity index (χ1v) is 10.1. The first-order chi connectivity index (χ1) is 12.9. The fourth-order valence-corrected chi connectivity index (χ4v) is 4.43. The lowest BCUT2D eigenvalue weighted by atomic mass is 10.1. The molecule has 2 aromatic carbocycles. The van der Waals surface area contributed by atoms with Crippen LogP contribution in [-0.2, 0) is 12.6 Å². The fourth-order valence-electron chi connectivity index (χ4n) is 3.18. The van der Waals surface area contributed by atoms with E-state index in [-0.39, 0.29) is 11.3 Å². The Morgan fingerprint density at radius 1 is 1.19 bits per heavy atom. The Bertz CT molecular complexity index is 789. The van der Waals surface area contributed by atoms with Crippen LogP contribution in [0.3, 0.4) is 0 Å². The molecule has 1 aliphatic heterocycles. The van der Waals surface area contributed by atoms with Crippen LogP contribution >= 0.6 is 11.8 Å². The molecule has 1 unspecified atom stereocenters. The highest BCUT2D eigenvalue weighted by Gasteiger charge is 2.34. The van der Waals surface area contributed by atoms with Gasteiger partial charge in [-0.15, -0.1) is 11.8 Å². The molecule has 2 aromatic rings. The van der Waals surface area contributed by atoms with Crippen molar-refractivity contribution in [2.75, 3.05) is 12.3 Å². The molecule has 0 aliphatic carbocycles. The van der Waals surface area contributed by atoms with Crippen molar-refractivity contribution in [1.82, 2.24) is 4.90 Å². The molecular weight excluding hydrogens is 371 g/mol. The molecule has 27 heavy (non-hydrogen) atoms. The van der Waals surface area contributed by atoms with Crippen molar-refractivity contribution in [2.24, 2.45) is 0 Å². The standard InChI is InChI=1S/C21H22F3NOS/c1-2-3-5-15-8-10-16(11-9-15)19(26)25-12-13-27-20(25)17-6-4-7-18(14-17)21(22,23)24/h4,6-11,14,20H,2-3,5,12-13H2,1H3. The molecule has 6 heteroatoms. The zero-order valence-electron chi connectivity index (χ0n) is 15.1. The first-order valence-electron chi connectivity index (χ1n) is 9.09. The Labute approximate surface area is 161 Å². The number of carbonyl (C=O) groups excluding carboxylic acids is 1. The third-order valence-corrected chi connectivity index (χ3v) is 5.93. The summed E-state index contributed by atoms with van der Waals surface area (Å²) in [5.74, 6) is 0.575. The van der Waals surface area contributed by atoms with Gasteiger partial charge in [0, 0.05) is 17.9 Å². The number of rotatable bonds is 5. The number of benzene rings is 2. The number of amides is 1. The Morgan fingerprint density at radius 3 is 2.59 bits per heavy atom. The lowest BCUT2D eigenvalue weighted by Gasteiger charge is -2.25. The number of hydrogen-bond acceptors (Lipinski definition) is 2. The number of carbonyl (C=O) groups is 1. The molecule has 3 rings (SSSR count). The van der Waals surface area contributed by atoms with E-state index in [0.717, 1.165) is 31.4 Å². The highest BCUT2D eigenvalue weighted by molar-refractivity contribution is 7.99. The molecule has 0 spiro atoms. The zero-order valence-corrected chi connectivity index (χ0v) is 15.9. The molecule has 1 amide bonds. The minimum atomic E-state index is -4.39. The Morgan fingerprint density at radius 2 is 1.93 bits per heavy atom. The van der Waals surface area contributed by atoms with Gasteiger partial charge >= 0.3 is 6.18 Å². The molecule has 2 nitrogen and oxygen atoms in total. The van der Waals surface area contributed by atoms with Gasteiger partial charge in [0.1, 0.15) is 5.37 Å². The Balaban J connectivity index is 1.79. The van der Waals surface area contributed by atoms with E-state index >= 15 is 0 Å². The van der Waals surface area contributed by atoms with Crippen molar-refractivity contribution < 1.29 is 18.0 Å².